The molecule has 0 atom stereocenters. The molecular weight excluding hydrogens is 286 g/mol. The highest BCUT2D eigenvalue weighted by molar-refractivity contribution is 6.29. The molecule has 102 valence electrons. The van der Waals surface area contributed by atoms with Crippen LogP contribution in [0.4, 0.5) is 11.5 Å². The minimum Gasteiger partial charge on any atom is -0.872 e. The summed E-state index contributed by atoms with van der Waals surface area (Å²) in [5.74, 6) is -0.0206. The van der Waals surface area contributed by atoms with Crippen LogP contribution in [-0.4, -0.2) is 15.1 Å². The molecule has 0 aliphatic rings. The van der Waals surface area contributed by atoms with Gasteiger partial charge in [0.25, 0.3) is 5.69 Å². The molecule has 8 nitrogen and oxygen atoms in total. The first-order chi connectivity index (χ1) is 9.56. The van der Waals surface area contributed by atoms with E-state index in [0.717, 1.165) is 12.1 Å². The molecule has 0 aliphatic heterocycles. The van der Waals surface area contributed by atoms with Gasteiger partial charge in [0.15, 0.2) is 11.7 Å². The predicted molar refractivity (Wildman–Crippen MR) is 66.3 cm³/mol. The normalized spacial score (nSPS) is 10.8. The molecule has 0 bridgehead atoms. The molecule has 1 aromatic heterocycles. The van der Waals surface area contributed by atoms with Crippen molar-refractivity contribution in [2.45, 2.75) is 6.54 Å². The van der Waals surface area contributed by atoms with Crippen molar-refractivity contribution in [1.29, 1.82) is 0 Å². The molecule has 0 unspecified atom stereocenters. The molecule has 0 radical (unpaired) electrons. The Morgan fingerprint density at radius 3 is 2.75 bits per heavy atom. The van der Waals surface area contributed by atoms with Crippen molar-refractivity contribution < 1.29 is 15.1 Å². The number of hydrogen-bond acceptors (Lipinski definition) is 6. The second-order valence-corrected chi connectivity index (χ2v) is 4.10. The second-order valence-electron chi connectivity index (χ2n) is 3.71. The third-order valence-electron chi connectivity index (χ3n) is 2.34. The minimum atomic E-state index is -0.565. The quantitative estimate of drug-likeness (QED) is 0.499. The standard InChI is InChI=1S/C11H8ClN5O3/c12-10-3-4-11(16-14-10)15-13-6-7-5-8(17(19)20)1-2-9(7)18/h1-5,18H,6H2. The zero-order valence-corrected chi connectivity index (χ0v) is 10.7. The van der Waals surface area contributed by atoms with Gasteiger partial charge in [-0.2, -0.15) is 0 Å². The molecule has 0 aliphatic carbocycles. The van der Waals surface area contributed by atoms with E-state index in [4.69, 9.17) is 11.6 Å². The van der Waals surface area contributed by atoms with E-state index in [1.807, 2.05) is 0 Å². The Balaban J connectivity index is 2.12. The first kappa shape index (κ1) is 13.8. The zero-order chi connectivity index (χ0) is 14.5. The molecule has 1 aromatic carbocycles. The molecule has 0 amide bonds. The summed E-state index contributed by atoms with van der Waals surface area (Å²) in [6.45, 7) is 0.0464. The third kappa shape index (κ3) is 3.45. The summed E-state index contributed by atoms with van der Waals surface area (Å²) >= 11 is 5.57. The number of halogens is 1. The smallest absolute Gasteiger partial charge is 0.269 e. The van der Waals surface area contributed by atoms with Crippen LogP contribution < -0.4 is 10.2 Å². The van der Waals surface area contributed by atoms with Gasteiger partial charge in [-0.25, -0.2) is 0 Å². The van der Waals surface area contributed by atoms with Crippen LogP contribution in [0.25, 0.3) is 0 Å². The Bertz CT molecular complexity index is 660. The van der Waals surface area contributed by atoms with Gasteiger partial charge in [-0.1, -0.05) is 23.4 Å². The Morgan fingerprint density at radius 2 is 2.10 bits per heavy atom. The summed E-state index contributed by atoms with van der Waals surface area (Å²) < 4.78 is 0. The average molecular weight is 294 g/mol. The molecule has 0 spiro atoms. The van der Waals surface area contributed by atoms with Crippen molar-refractivity contribution in [2.75, 3.05) is 0 Å². The predicted octanol–water partition coefficient (Wildman–Crippen LogP) is 0.476. The topological polar surface area (TPSA) is 118 Å². The number of hydrogen-bond donors (Lipinski definition) is 1. The van der Waals surface area contributed by atoms with E-state index < -0.39 is 4.92 Å². The van der Waals surface area contributed by atoms with Gasteiger partial charge < -0.3 is 5.11 Å². The largest absolute Gasteiger partial charge is 0.872 e. The number of aromatic nitrogens is 2. The summed E-state index contributed by atoms with van der Waals surface area (Å²) in [6.07, 6.45) is 0. The lowest BCUT2D eigenvalue weighted by atomic mass is 10.2. The number of nitro benzene ring substituents is 1. The summed E-state index contributed by atoms with van der Waals surface area (Å²) in [7, 11) is 0. The fourth-order valence-corrected chi connectivity index (χ4v) is 1.49. The van der Waals surface area contributed by atoms with Gasteiger partial charge in [-0.15, -0.1) is 15.3 Å². The fraction of sp³-hybridized carbons (Fsp3) is 0.0909. The van der Waals surface area contributed by atoms with Gasteiger partial charge in [0.1, 0.15) is 0 Å². The van der Waals surface area contributed by atoms with Crippen LogP contribution in [0.15, 0.2) is 35.4 Å². The molecule has 1 heterocycles. The Kier molecular flexibility index (Phi) is 4.16. The Morgan fingerprint density at radius 1 is 1.30 bits per heavy atom. The maximum atomic E-state index is 11.5. The van der Waals surface area contributed by atoms with Crippen LogP contribution in [0, 0.1) is 10.1 Å². The minimum absolute atomic E-state index is 0.0464. The SMILES string of the molecule is O=[N+]([O-])c1ccc([O-])c(C[NH+]=Nc2ccc(Cl)nn2)c1. The first-order valence-electron chi connectivity index (χ1n) is 5.43. The molecular formula is C11H8ClN5O3. The number of nitro groups is 1. The number of non-ortho nitro benzene ring substituents is 1. The highest BCUT2D eigenvalue weighted by Crippen LogP contribution is 2.19. The molecule has 0 fully saturated rings. The van der Waals surface area contributed by atoms with Gasteiger partial charge in [-0.3, -0.25) is 10.1 Å². The lowest BCUT2D eigenvalue weighted by molar-refractivity contribution is -0.546. The summed E-state index contributed by atoms with van der Waals surface area (Å²) in [4.78, 5) is 10.1. The van der Waals surface area contributed by atoms with Crippen molar-refractivity contribution in [2.24, 2.45) is 5.11 Å². The highest BCUT2D eigenvalue weighted by atomic mass is 35.5. The molecule has 2 aromatic rings. The van der Waals surface area contributed by atoms with Gasteiger partial charge >= 0.3 is 0 Å². The Labute approximate surface area is 117 Å². The fourth-order valence-electron chi connectivity index (χ4n) is 1.39. The van der Waals surface area contributed by atoms with Crippen LogP contribution in [0.3, 0.4) is 0 Å². The third-order valence-corrected chi connectivity index (χ3v) is 2.54. The van der Waals surface area contributed by atoms with Crippen molar-refractivity contribution >= 4 is 23.1 Å². The van der Waals surface area contributed by atoms with E-state index in [0.29, 0.717) is 0 Å². The molecule has 0 saturated heterocycles. The number of azo groups is 1. The number of rotatable bonds is 4. The maximum Gasteiger partial charge on any atom is 0.269 e. The van der Waals surface area contributed by atoms with E-state index in [1.54, 1.807) is 0 Å². The van der Waals surface area contributed by atoms with Crippen molar-refractivity contribution in [3.8, 4) is 5.75 Å². The highest BCUT2D eigenvalue weighted by Gasteiger charge is 2.08. The molecule has 0 saturated carbocycles. The van der Waals surface area contributed by atoms with Gasteiger partial charge in [0.05, 0.1) is 4.92 Å². The van der Waals surface area contributed by atoms with Crippen LogP contribution in [0.2, 0.25) is 5.15 Å². The van der Waals surface area contributed by atoms with Gasteiger partial charge in [0, 0.05) is 22.8 Å². The van der Waals surface area contributed by atoms with Crippen molar-refractivity contribution in [3.05, 3.63) is 51.2 Å². The van der Waals surface area contributed by atoms with Crippen LogP contribution in [-0.2, 0) is 6.54 Å². The summed E-state index contributed by atoms with van der Waals surface area (Å²) in [5.41, 5.74) is 0.0950. The van der Waals surface area contributed by atoms with E-state index in [2.05, 4.69) is 20.4 Å². The number of nitrogens with zero attached hydrogens (tertiary/aromatic N) is 4. The maximum absolute atomic E-state index is 11.5. The first-order valence-corrected chi connectivity index (χ1v) is 5.81. The van der Waals surface area contributed by atoms with Gasteiger partial charge in [0.2, 0.25) is 5.82 Å². The molecule has 9 heteroatoms. The van der Waals surface area contributed by atoms with E-state index in [1.165, 1.54) is 18.2 Å². The van der Waals surface area contributed by atoms with Crippen LogP contribution >= 0.6 is 11.6 Å². The average Bonchev–Trinajstić information content (AvgIpc) is 2.43. The summed E-state index contributed by atoms with van der Waals surface area (Å²) in [5, 5.41) is 36.1. The van der Waals surface area contributed by atoms with Crippen molar-refractivity contribution in [1.82, 2.24) is 10.2 Å². The number of nitrogens with one attached hydrogen (secondary N) is 1. The lowest BCUT2D eigenvalue weighted by Crippen LogP contribution is -2.63. The molecule has 20 heavy (non-hydrogen) atoms. The van der Waals surface area contributed by atoms with Crippen LogP contribution in [0.1, 0.15) is 5.56 Å². The monoisotopic (exact) mass is 293 g/mol. The lowest BCUT2D eigenvalue weighted by Gasteiger charge is -2.07. The molecule has 2 rings (SSSR count). The second kappa shape index (κ2) is 6.02. The van der Waals surface area contributed by atoms with Gasteiger partial charge in [-0.05, 0) is 12.1 Å². The van der Waals surface area contributed by atoms with Crippen LogP contribution in [0.5, 0.6) is 5.75 Å². The van der Waals surface area contributed by atoms with E-state index >= 15 is 0 Å². The Hall–Kier alpha value is -2.61. The summed E-state index contributed by atoms with van der Waals surface area (Å²) in [6, 6.07) is 6.57. The zero-order valence-electron chi connectivity index (χ0n) is 9.99. The molecule has 1 N–H and O–H groups in total. The van der Waals surface area contributed by atoms with E-state index in [9.17, 15) is 15.2 Å². The van der Waals surface area contributed by atoms with E-state index in [-0.39, 0.29) is 34.5 Å². The van der Waals surface area contributed by atoms with Crippen molar-refractivity contribution in [3.63, 3.8) is 0 Å². The number of benzene rings is 1.